The summed E-state index contributed by atoms with van der Waals surface area (Å²) in [7, 11) is 1.42. The molecule has 0 heterocycles. The molecule has 0 radical (unpaired) electrons. The van der Waals surface area contributed by atoms with E-state index in [1.165, 1.54) is 25.5 Å². The second kappa shape index (κ2) is 7.70. The third-order valence-corrected chi connectivity index (χ3v) is 3.03. The summed E-state index contributed by atoms with van der Waals surface area (Å²) < 4.78 is 4.73. The van der Waals surface area contributed by atoms with Crippen molar-refractivity contribution >= 4 is 11.5 Å². The predicted molar refractivity (Wildman–Crippen MR) is 75.3 cm³/mol. The summed E-state index contributed by atoms with van der Waals surface area (Å²) in [5, 5.41) is 0. The fourth-order valence-corrected chi connectivity index (χ4v) is 1.98. The summed E-state index contributed by atoms with van der Waals surface area (Å²) in [6.45, 7) is 4.25. The van der Waals surface area contributed by atoms with Gasteiger partial charge < -0.3 is 4.74 Å². The Morgan fingerprint density at radius 3 is 2.61 bits per heavy atom. The van der Waals surface area contributed by atoms with Crippen molar-refractivity contribution in [1.29, 1.82) is 0 Å². The van der Waals surface area contributed by atoms with Crippen molar-refractivity contribution in [3.05, 3.63) is 41.5 Å². The third kappa shape index (κ3) is 4.36. The molecule has 0 aromatic heterocycles. The smallest absolute Gasteiger partial charge is 0.330 e. The van der Waals surface area contributed by atoms with Gasteiger partial charge in [0.15, 0.2) is 0 Å². The largest absolute Gasteiger partial charge is 0.466 e. The van der Waals surface area contributed by atoms with E-state index in [4.69, 9.17) is 4.74 Å². The highest BCUT2D eigenvalue weighted by Gasteiger charge is 2.07. The second-order valence-electron chi connectivity index (χ2n) is 4.46. The van der Waals surface area contributed by atoms with Crippen LogP contribution in [0, 0.1) is 6.92 Å². The SMILES string of the molecule is CCCCC/C(=C\C(=O)OC)c1ccccc1C. The molecule has 1 aromatic rings. The van der Waals surface area contributed by atoms with Gasteiger partial charge in [-0.25, -0.2) is 4.79 Å². The lowest BCUT2D eigenvalue weighted by molar-refractivity contribution is -0.134. The minimum absolute atomic E-state index is 0.273. The number of rotatable bonds is 6. The molecule has 0 spiro atoms. The van der Waals surface area contributed by atoms with Crippen molar-refractivity contribution in [3.63, 3.8) is 0 Å². The number of carbonyl (C=O) groups excluding carboxylic acids is 1. The summed E-state index contributed by atoms with van der Waals surface area (Å²) >= 11 is 0. The highest BCUT2D eigenvalue weighted by atomic mass is 16.5. The molecule has 2 heteroatoms. The standard InChI is InChI=1S/C16H22O2/c1-4-5-6-10-14(12-16(17)18-3)15-11-8-7-9-13(15)2/h7-9,11-12H,4-6,10H2,1-3H3/b14-12+. The zero-order chi connectivity index (χ0) is 13.4. The van der Waals surface area contributed by atoms with E-state index in [1.807, 2.05) is 12.1 Å². The summed E-state index contributed by atoms with van der Waals surface area (Å²) in [5.41, 5.74) is 3.43. The van der Waals surface area contributed by atoms with Crippen molar-refractivity contribution in [1.82, 2.24) is 0 Å². The fraction of sp³-hybridized carbons (Fsp3) is 0.438. The maximum atomic E-state index is 11.4. The lowest BCUT2D eigenvalue weighted by Gasteiger charge is -2.10. The first-order valence-corrected chi connectivity index (χ1v) is 6.53. The van der Waals surface area contributed by atoms with E-state index in [0.717, 1.165) is 24.0 Å². The number of esters is 1. The Bertz CT molecular complexity index is 419. The minimum Gasteiger partial charge on any atom is -0.466 e. The van der Waals surface area contributed by atoms with E-state index < -0.39 is 0 Å². The Kier molecular flexibility index (Phi) is 6.20. The van der Waals surface area contributed by atoms with Gasteiger partial charge in [-0.15, -0.1) is 0 Å². The van der Waals surface area contributed by atoms with Crippen molar-refractivity contribution < 1.29 is 9.53 Å². The van der Waals surface area contributed by atoms with Crippen molar-refractivity contribution in [2.45, 2.75) is 39.5 Å². The molecule has 98 valence electrons. The summed E-state index contributed by atoms with van der Waals surface area (Å²) in [6.07, 6.45) is 6.02. The van der Waals surface area contributed by atoms with Gasteiger partial charge in [-0.1, -0.05) is 44.0 Å². The van der Waals surface area contributed by atoms with Crippen molar-refractivity contribution in [2.24, 2.45) is 0 Å². The van der Waals surface area contributed by atoms with Crippen LogP contribution in [0.3, 0.4) is 0 Å². The van der Waals surface area contributed by atoms with Gasteiger partial charge in [0.25, 0.3) is 0 Å². The zero-order valence-electron chi connectivity index (χ0n) is 11.5. The number of unbranched alkanes of at least 4 members (excludes halogenated alkanes) is 2. The van der Waals surface area contributed by atoms with Gasteiger partial charge in [-0.05, 0) is 36.5 Å². The van der Waals surface area contributed by atoms with E-state index in [1.54, 1.807) is 6.08 Å². The summed E-state index contributed by atoms with van der Waals surface area (Å²) in [6, 6.07) is 8.16. The molecule has 0 amide bonds. The van der Waals surface area contributed by atoms with Gasteiger partial charge in [0.2, 0.25) is 0 Å². The minimum atomic E-state index is -0.273. The highest BCUT2D eigenvalue weighted by molar-refractivity contribution is 5.91. The van der Waals surface area contributed by atoms with Crippen LogP contribution >= 0.6 is 0 Å². The zero-order valence-corrected chi connectivity index (χ0v) is 11.5. The number of hydrogen-bond acceptors (Lipinski definition) is 2. The summed E-state index contributed by atoms with van der Waals surface area (Å²) in [4.78, 5) is 11.4. The maximum Gasteiger partial charge on any atom is 0.330 e. The Morgan fingerprint density at radius 2 is 2.00 bits per heavy atom. The Labute approximate surface area is 110 Å². The first-order chi connectivity index (χ1) is 8.69. The lowest BCUT2D eigenvalue weighted by Crippen LogP contribution is -1.98. The highest BCUT2D eigenvalue weighted by Crippen LogP contribution is 2.24. The summed E-state index contributed by atoms with van der Waals surface area (Å²) in [5.74, 6) is -0.273. The molecule has 0 bridgehead atoms. The molecule has 0 N–H and O–H groups in total. The van der Waals surface area contributed by atoms with Crippen LogP contribution in [0.25, 0.3) is 5.57 Å². The molecule has 2 nitrogen and oxygen atoms in total. The molecule has 0 saturated carbocycles. The third-order valence-electron chi connectivity index (χ3n) is 3.03. The Morgan fingerprint density at radius 1 is 1.28 bits per heavy atom. The van der Waals surface area contributed by atoms with Crippen molar-refractivity contribution in [3.8, 4) is 0 Å². The van der Waals surface area contributed by atoms with Crippen LogP contribution in [0.4, 0.5) is 0 Å². The average Bonchev–Trinajstić information content (AvgIpc) is 2.38. The van der Waals surface area contributed by atoms with Crippen LogP contribution in [-0.2, 0) is 9.53 Å². The molecule has 0 aliphatic rings. The van der Waals surface area contributed by atoms with Crippen LogP contribution < -0.4 is 0 Å². The van der Waals surface area contributed by atoms with Crippen LogP contribution in [0.1, 0.15) is 43.7 Å². The average molecular weight is 246 g/mol. The van der Waals surface area contributed by atoms with Crippen LogP contribution in [0.2, 0.25) is 0 Å². The predicted octanol–water partition coefficient (Wildman–Crippen LogP) is 4.13. The van der Waals surface area contributed by atoms with Gasteiger partial charge in [0.05, 0.1) is 7.11 Å². The van der Waals surface area contributed by atoms with E-state index in [-0.39, 0.29) is 5.97 Å². The molecular weight excluding hydrogens is 224 g/mol. The quantitative estimate of drug-likeness (QED) is 0.428. The first-order valence-electron chi connectivity index (χ1n) is 6.53. The Hall–Kier alpha value is -1.57. The van der Waals surface area contributed by atoms with Gasteiger partial charge in [-0.3, -0.25) is 0 Å². The van der Waals surface area contributed by atoms with Gasteiger partial charge >= 0.3 is 5.97 Å². The number of hydrogen-bond donors (Lipinski definition) is 0. The molecule has 0 unspecified atom stereocenters. The van der Waals surface area contributed by atoms with Gasteiger partial charge in [-0.2, -0.15) is 0 Å². The second-order valence-corrected chi connectivity index (χ2v) is 4.46. The monoisotopic (exact) mass is 246 g/mol. The number of ether oxygens (including phenoxy) is 1. The first kappa shape index (κ1) is 14.5. The normalized spacial score (nSPS) is 11.4. The number of aryl methyl sites for hydroxylation is 1. The van der Waals surface area contributed by atoms with Crippen LogP contribution in [0.15, 0.2) is 30.3 Å². The number of carbonyl (C=O) groups is 1. The molecule has 18 heavy (non-hydrogen) atoms. The van der Waals surface area contributed by atoms with E-state index >= 15 is 0 Å². The molecule has 0 atom stereocenters. The number of methoxy groups -OCH3 is 1. The van der Waals surface area contributed by atoms with Crippen LogP contribution in [0.5, 0.6) is 0 Å². The molecule has 1 rings (SSSR count). The molecule has 1 aromatic carbocycles. The van der Waals surface area contributed by atoms with Crippen LogP contribution in [-0.4, -0.2) is 13.1 Å². The van der Waals surface area contributed by atoms with E-state index in [9.17, 15) is 4.79 Å². The maximum absolute atomic E-state index is 11.4. The fourth-order valence-electron chi connectivity index (χ4n) is 1.98. The molecule has 0 fully saturated rings. The molecule has 0 aliphatic heterocycles. The van der Waals surface area contributed by atoms with Gasteiger partial charge in [0.1, 0.15) is 0 Å². The van der Waals surface area contributed by atoms with Gasteiger partial charge in [0, 0.05) is 6.08 Å². The van der Waals surface area contributed by atoms with E-state index in [2.05, 4.69) is 26.0 Å². The molecule has 0 aliphatic carbocycles. The number of allylic oxidation sites excluding steroid dienone is 1. The molecular formula is C16H22O2. The van der Waals surface area contributed by atoms with E-state index in [0.29, 0.717) is 0 Å². The topological polar surface area (TPSA) is 26.3 Å². The lowest BCUT2D eigenvalue weighted by atomic mass is 9.95. The van der Waals surface area contributed by atoms with Crippen molar-refractivity contribution in [2.75, 3.05) is 7.11 Å². The molecule has 0 saturated heterocycles. The number of benzene rings is 1. The Balaban J connectivity index is 2.93.